The molecule has 2 aromatic rings. The molecule has 26 heavy (non-hydrogen) atoms. The second-order valence-electron chi connectivity index (χ2n) is 5.86. The molecule has 2 amide bonds. The summed E-state index contributed by atoms with van der Waals surface area (Å²) in [6.07, 6.45) is 0.558. The van der Waals surface area contributed by atoms with Crippen molar-refractivity contribution in [2.45, 2.75) is 12.8 Å². The van der Waals surface area contributed by atoms with Crippen LogP contribution in [0.2, 0.25) is 5.15 Å². The molecule has 3 rings (SSSR count). The van der Waals surface area contributed by atoms with Gasteiger partial charge in [0.15, 0.2) is 5.15 Å². The van der Waals surface area contributed by atoms with Crippen LogP contribution >= 0.6 is 11.6 Å². The molecule has 0 unspecified atom stereocenters. The van der Waals surface area contributed by atoms with Gasteiger partial charge in [-0.15, -0.1) is 0 Å². The molecule has 1 aromatic heterocycles. The summed E-state index contributed by atoms with van der Waals surface area (Å²) in [5, 5.41) is 6.68. The van der Waals surface area contributed by atoms with Crippen molar-refractivity contribution in [3.05, 3.63) is 40.7 Å². The van der Waals surface area contributed by atoms with Gasteiger partial charge in [-0.2, -0.15) is 0 Å². The van der Waals surface area contributed by atoms with Gasteiger partial charge in [0.25, 0.3) is 0 Å². The number of morpholine rings is 1. The summed E-state index contributed by atoms with van der Waals surface area (Å²) in [7, 11) is 0. The lowest BCUT2D eigenvalue weighted by Crippen LogP contribution is -2.36. The highest BCUT2D eigenvalue weighted by atomic mass is 35.5. The lowest BCUT2D eigenvalue weighted by molar-refractivity contribution is -0.116. The molecular formula is C17H19ClN4O4. The molecule has 0 atom stereocenters. The zero-order valence-corrected chi connectivity index (χ0v) is 14.8. The monoisotopic (exact) mass is 378 g/mol. The molecule has 0 bridgehead atoms. The molecule has 1 aliphatic rings. The minimum atomic E-state index is -0.551. The topological polar surface area (TPSA) is 111 Å². The average molecular weight is 379 g/mol. The Labute approximate surface area is 155 Å². The van der Waals surface area contributed by atoms with Crippen molar-refractivity contribution in [1.29, 1.82) is 0 Å². The van der Waals surface area contributed by atoms with Gasteiger partial charge >= 0.3 is 0 Å². The van der Waals surface area contributed by atoms with E-state index in [-0.39, 0.29) is 17.5 Å². The van der Waals surface area contributed by atoms with Crippen LogP contribution in [-0.4, -0.2) is 43.3 Å². The number of aromatic nitrogens is 1. The van der Waals surface area contributed by atoms with Crippen LogP contribution in [0.1, 0.15) is 22.5 Å². The van der Waals surface area contributed by atoms with Gasteiger partial charge in [-0.05, 0) is 18.2 Å². The van der Waals surface area contributed by atoms with E-state index < -0.39 is 5.91 Å². The normalized spacial score (nSPS) is 14.3. The molecule has 0 spiro atoms. The van der Waals surface area contributed by atoms with Crippen molar-refractivity contribution in [2.75, 3.05) is 36.5 Å². The minimum Gasteiger partial charge on any atom is -0.378 e. The first kappa shape index (κ1) is 18.2. The highest BCUT2D eigenvalue weighted by Crippen LogP contribution is 2.28. The number of aryl methyl sites for hydroxylation is 1. The number of primary amides is 1. The molecule has 8 nitrogen and oxygen atoms in total. The molecule has 1 fully saturated rings. The number of hydrogen-bond acceptors (Lipinski definition) is 6. The molecule has 1 saturated heterocycles. The van der Waals surface area contributed by atoms with E-state index in [9.17, 15) is 9.59 Å². The van der Waals surface area contributed by atoms with Crippen LogP contribution in [0, 0.1) is 0 Å². The van der Waals surface area contributed by atoms with Crippen LogP contribution < -0.4 is 16.0 Å². The Bertz CT molecular complexity index is 802. The van der Waals surface area contributed by atoms with E-state index in [1.54, 1.807) is 24.3 Å². The fourth-order valence-corrected chi connectivity index (χ4v) is 2.88. The van der Waals surface area contributed by atoms with Crippen molar-refractivity contribution in [3.63, 3.8) is 0 Å². The fraction of sp³-hybridized carbons (Fsp3) is 0.353. The van der Waals surface area contributed by atoms with E-state index in [1.807, 2.05) is 0 Å². The summed E-state index contributed by atoms with van der Waals surface area (Å²) >= 11 is 5.69. The molecule has 2 heterocycles. The number of carbonyl (C=O) groups is 2. The number of amides is 2. The van der Waals surface area contributed by atoms with Crippen LogP contribution in [0.3, 0.4) is 0 Å². The highest BCUT2D eigenvalue weighted by Gasteiger charge is 2.18. The predicted molar refractivity (Wildman–Crippen MR) is 96.5 cm³/mol. The number of benzene rings is 1. The first-order valence-electron chi connectivity index (χ1n) is 8.20. The Morgan fingerprint density at radius 3 is 2.69 bits per heavy atom. The van der Waals surface area contributed by atoms with Crippen LogP contribution in [0.15, 0.2) is 28.8 Å². The number of nitrogens with zero attached hydrogens (tertiary/aromatic N) is 2. The van der Waals surface area contributed by atoms with Gasteiger partial charge in [0, 0.05) is 37.6 Å². The lowest BCUT2D eigenvalue weighted by Gasteiger charge is -2.30. The quantitative estimate of drug-likeness (QED) is 0.793. The summed E-state index contributed by atoms with van der Waals surface area (Å²) < 4.78 is 10.4. The molecule has 9 heteroatoms. The molecular weight excluding hydrogens is 360 g/mol. The van der Waals surface area contributed by atoms with Crippen LogP contribution in [0.25, 0.3) is 0 Å². The number of halogens is 1. The van der Waals surface area contributed by atoms with Crippen LogP contribution in [-0.2, 0) is 16.0 Å². The molecule has 0 radical (unpaired) electrons. The van der Waals surface area contributed by atoms with Gasteiger partial charge in [0.1, 0.15) is 5.76 Å². The van der Waals surface area contributed by atoms with Gasteiger partial charge in [0.05, 0.1) is 24.6 Å². The molecule has 0 saturated carbocycles. The number of carbonyl (C=O) groups excluding carboxylic acids is 2. The van der Waals surface area contributed by atoms with Crippen molar-refractivity contribution in [3.8, 4) is 0 Å². The number of nitrogens with one attached hydrogen (secondary N) is 1. The third-order valence-corrected chi connectivity index (χ3v) is 4.21. The van der Waals surface area contributed by atoms with Crippen molar-refractivity contribution < 1.29 is 18.8 Å². The van der Waals surface area contributed by atoms with E-state index in [0.29, 0.717) is 49.7 Å². The molecule has 1 aliphatic heterocycles. The maximum Gasteiger partial charge on any atom is 0.248 e. The number of ether oxygens (including phenoxy) is 1. The first-order valence-corrected chi connectivity index (χ1v) is 8.58. The number of anilines is 2. The van der Waals surface area contributed by atoms with Crippen molar-refractivity contribution in [2.24, 2.45) is 5.73 Å². The Morgan fingerprint density at radius 1 is 1.27 bits per heavy atom. The number of rotatable bonds is 6. The van der Waals surface area contributed by atoms with Gasteiger partial charge in [0.2, 0.25) is 11.8 Å². The Kier molecular flexibility index (Phi) is 5.75. The maximum atomic E-state index is 12.3. The number of hydrogen-bond donors (Lipinski definition) is 2. The second kappa shape index (κ2) is 8.20. The molecule has 3 N–H and O–H groups in total. The lowest BCUT2D eigenvalue weighted by atomic mass is 10.1. The predicted octanol–water partition coefficient (Wildman–Crippen LogP) is 1.83. The third-order valence-electron chi connectivity index (χ3n) is 4.04. The highest BCUT2D eigenvalue weighted by molar-refractivity contribution is 6.29. The zero-order chi connectivity index (χ0) is 18.5. The summed E-state index contributed by atoms with van der Waals surface area (Å²) in [6.45, 7) is 2.62. The summed E-state index contributed by atoms with van der Waals surface area (Å²) in [5.41, 5.74) is 7.07. The summed E-state index contributed by atoms with van der Waals surface area (Å²) in [4.78, 5) is 25.9. The smallest absolute Gasteiger partial charge is 0.248 e. The van der Waals surface area contributed by atoms with Gasteiger partial charge in [-0.25, -0.2) is 0 Å². The number of nitrogens with two attached hydrogens (primary N) is 1. The SMILES string of the molecule is NC(=O)c1ccc(N2CCOCC2)c(NC(=O)CCc2cc(Cl)no2)c1. The summed E-state index contributed by atoms with van der Waals surface area (Å²) in [6, 6.07) is 6.61. The van der Waals surface area contributed by atoms with Crippen LogP contribution in [0.4, 0.5) is 11.4 Å². The Hall–Kier alpha value is -2.58. The van der Waals surface area contributed by atoms with Crippen molar-refractivity contribution in [1.82, 2.24) is 5.16 Å². The largest absolute Gasteiger partial charge is 0.378 e. The standard InChI is InChI=1S/C17H19ClN4O4/c18-15-10-12(26-21-15)2-4-16(23)20-13-9-11(17(19)24)1-3-14(13)22-5-7-25-8-6-22/h1,3,9-10H,2,4-8H2,(H2,19,24)(H,20,23). The minimum absolute atomic E-state index is 0.189. The van der Waals surface area contributed by atoms with E-state index in [1.165, 1.54) is 0 Å². The van der Waals surface area contributed by atoms with Crippen molar-refractivity contribution >= 4 is 34.8 Å². The van der Waals surface area contributed by atoms with E-state index in [0.717, 1.165) is 5.69 Å². The van der Waals surface area contributed by atoms with Gasteiger partial charge in [-0.3, -0.25) is 9.59 Å². The average Bonchev–Trinajstić information content (AvgIpc) is 3.06. The van der Waals surface area contributed by atoms with E-state index in [4.69, 9.17) is 26.6 Å². The Morgan fingerprint density at radius 2 is 2.04 bits per heavy atom. The zero-order valence-electron chi connectivity index (χ0n) is 14.0. The van der Waals surface area contributed by atoms with E-state index in [2.05, 4.69) is 15.4 Å². The van der Waals surface area contributed by atoms with Gasteiger partial charge < -0.3 is 25.2 Å². The summed E-state index contributed by atoms with van der Waals surface area (Å²) in [5.74, 6) is -0.233. The van der Waals surface area contributed by atoms with E-state index >= 15 is 0 Å². The van der Waals surface area contributed by atoms with Crippen LogP contribution in [0.5, 0.6) is 0 Å². The fourth-order valence-electron chi connectivity index (χ4n) is 2.72. The Balaban J connectivity index is 1.73. The van der Waals surface area contributed by atoms with Gasteiger partial charge in [-0.1, -0.05) is 16.8 Å². The first-order chi connectivity index (χ1) is 12.5. The maximum absolute atomic E-state index is 12.3. The molecule has 138 valence electrons. The molecule has 0 aliphatic carbocycles. The second-order valence-corrected chi connectivity index (χ2v) is 6.25. The third kappa shape index (κ3) is 4.53. The molecule has 1 aromatic carbocycles.